The normalized spacial score (nSPS) is 19.7. The molecule has 2 rings (SSSR count). The molecule has 0 aliphatic carbocycles. The highest BCUT2D eigenvalue weighted by atomic mass is 16.5. The second-order valence-corrected chi connectivity index (χ2v) is 3.97. The van der Waals surface area contributed by atoms with E-state index in [1.54, 1.807) is 31.4 Å². The maximum Gasteiger partial charge on any atom is 0.322 e. The lowest BCUT2D eigenvalue weighted by molar-refractivity contribution is -0.139. The van der Waals surface area contributed by atoms with Crippen LogP contribution in [-0.4, -0.2) is 43.2 Å². The average Bonchev–Trinajstić information content (AvgIpc) is 2.39. The van der Waals surface area contributed by atoms with Crippen molar-refractivity contribution < 1.29 is 19.4 Å². The number of piperazine rings is 1. The van der Waals surface area contributed by atoms with Gasteiger partial charge < -0.3 is 14.7 Å². The second kappa shape index (κ2) is 5.05. The summed E-state index contributed by atoms with van der Waals surface area (Å²) in [5.74, 6) is -0.408. The third-order valence-electron chi connectivity index (χ3n) is 2.85. The largest absolute Gasteiger partial charge is 0.497 e. The van der Waals surface area contributed by atoms with Crippen LogP contribution >= 0.6 is 0 Å². The highest BCUT2D eigenvalue weighted by Crippen LogP contribution is 2.20. The number of rotatable bonds is 3. The van der Waals surface area contributed by atoms with E-state index in [1.165, 1.54) is 4.90 Å². The molecule has 1 saturated heterocycles. The minimum atomic E-state index is -0.957. The number of carbonyl (C=O) groups excluding carboxylic acids is 1. The molecule has 1 aliphatic heterocycles. The number of hydrogen-bond donors (Lipinski definition) is 2. The van der Waals surface area contributed by atoms with Crippen LogP contribution in [0, 0.1) is 0 Å². The molecular weight excluding hydrogens is 236 g/mol. The number of ether oxygens (including phenoxy) is 1. The number of nitrogens with zero attached hydrogens (tertiary/aromatic N) is 1. The summed E-state index contributed by atoms with van der Waals surface area (Å²) in [5.41, 5.74) is 0.675. The molecule has 1 fully saturated rings. The predicted molar refractivity (Wildman–Crippen MR) is 64.8 cm³/mol. The number of hydrogen-bond acceptors (Lipinski definition) is 4. The molecule has 1 amide bonds. The van der Waals surface area contributed by atoms with Crippen LogP contribution in [0.2, 0.25) is 0 Å². The van der Waals surface area contributed by atoms with Crippen molar-refractivity contribution >= 4 is 17.6 Å². The topological polar surface area (TPSA) is 78.9 Å². The molecule has 0 spiro atoms. The zero-order valence-electron chi connectivity index (χ0n) is 9.92. The van der Waals surface area contributed by atoms with Crippen molar-refractivity contribution in [1.29, 1.82) is 0 Å². The third kappa shape index (κ3) is 2.43. The van der Waals surface area contributed by atoms with Gasteiger partial charge in [-0.2, -0.15) is 0 Å². The van der Waals surface area contributed by atoms with E-state index in [9.17, 15) is 9.59 Å². The van der Waals surface area contributed by atoms with E-state index in [4.69, 9.17) is 9.84 Å². The van der Waals surface area contributed by atoms with E-state index in [-0.39, 0.29) is 19.0 Å². The van der Waals surface area contributed by atoms with Gasteiger partial charge in [-0.1, -0.05) is 0 Å². The van der Waals surface area contributed by atoms with Crippen molar-refractivity contribution in [3.8, 4) is 5.75 Å². The Bertz CT molecular complexity index is 458. The number of carboxylic acid groups (broad SMARTS) is 1. The predicted octanol–water partition coefficient (Wildman–Crippen LogP) is 0.0846. The highest BCUT2D eigenvalue weighted by Gasteiger charge is 2.30. The molecule has 6 heteroatoms. The molecule has 0 aromatic heterocycles. The van der Waals surface area contributed by atoms with Crippen LogP contribution in [0.25, 0.3) is 0 Å². The number of benzene rings is 1. The lowest BCUT2D eigenvalue weighted by Gasteiger charge is -2.31. The van der Waals surface area contributed by atoms with Gasteiger partial charge in [-0.05, 0) is 24.3 Å². The van der Waals surface area contributed by atoms with E-state index in [0.29, 0.717) is 11.4 Å². The van der Waals surface area contributed by atoms with Crippen LogP contribution in [0.3, 0.4) is 0 Å². The van der Waals surface area contributed by atoms with Crippen molar-refractivity contribution in [3.05, 3.63) is 24.3 Å². The first-order chi connectivity index (χ1) is 8.61. The van der Waals surface area contributed by atoms with E-state index in [1.807, 2.05) is 0 Å². The Balaban J connectivity index is 2.18. The van der Waals surface area contributed by atoms with E-state index < -0.39 is 12.0 Å². The summed E-state index contributed by atoms with van der Waals surface area (Å²) in [7, 11) is 1.56. The SMILES string of the molecule is COc1ccc(N2CC(C(=O)O)NCC2=O)cc1. The minimum absolute atomic E-state index is 0.0307. The lowest BCUT2D eigenvalue weighted by atomic mass is 10.1. The maximum absolute atomic E-state index is 11.8. The maximum atomic E-state index is 11.8. The van der Waals surface area contributed by atoms with Gasteiger partial charge in [0.25, 0.3) is 0 Å². The first-order valence-electron chi connectivity index (χ1n) is 5.52. The van der Waals surface area contributed by atoms with Gasteiger partial charge in [0.05, 0.1) is 20.2 Å². The summed E-state index contributed by atoms with van der Waals surface area (Å²) in [5, 5.41) is 11.6. The number of amides is 1. The van der Waals surface area contributed by atoms with Gasteiger partial charge in [0.15, 0.2) is 0 Å². The molecule has 0 radical (unpaired) electrons. The number of carbonyl (C=O) groups is 2. The Morgan fingerprint density at radius 1 is 1.44 bits per heavy atom. The Morgan fingerprint density at radius 2 is 2.11 bits per heavy atom. The molecule has 1 atom stereocenters. The van der Waals surface area contributed by atoms with E-state index >= 15 is 0 Å². The third-order valence-corrected chi connectivity index (χ3v) is 2.85. The van der Waals surface area contributed by atoms with Gasteiger partial charge in [0, 0.05) is 5.69 Å². The van der Waals surface area contributed by atoms with Crippen LogP contribution in [0.5, 0.6) is 5.75 Å². The fourth-order valence-corrected chi connectivity index (χ4v) is 1.83. The zero-order valence-corrected chi connectivity index (χ0v) is 9.92. The summed E-state index contributed by atoms with van der Waals surface area (Å²) >= 11 is 0. The fourth-order valence-electron chi connectivity index (χ4n) is 1.83. The number of carboxylic acids is 1. The van der Waals surface area contributed by atoms with Crippen molar-refractivity contribution in [2.45, 2.75) is 6.04 Å². The molecule has 18 heavy (non-hydrogen) atoms. The molecule has 1 unspecified atom stereocenters. The molecular formula is C12H14N2O4. The quantitative estimate of drug-likeness (QED) is 0.794. The van der Waals surface area contributed by atoms with Gasteiger partial charge in [0.1, 0.15) is 11.8 Å². The lowest BCUT2D eigenvalue weighted by Crippen LogP contribution is -2.57. The number of methoxy groups -OCH3 is 1. The Labute approximate surface area is 104 Å². The van der Waals surface area contributed by atoms with Gasteiger partial charge in [0.2, 0.25) is 5.91 Å². The number of aliphatic carboxylic acids is 1. The Hall–Kier alpha value is -2.08. The zero-order chi connectivity index (χ0) is 13.1. The van der Waals surface area contributed by atoms with Crippen molar-refractivity contribution in [2.24, 2.45) is 0 Å². The van der Waals surface area contributed by atoms with Gasteiger partial charge in [-0.3, -0.25) is 14.9 Å². The summed E-state index contributed by atoms with van der Waals surface area (Å²) in [6, 6.07) is 6.22. The molecule has 0 bridgehead atoms. The van der Waals surface area contributed by atoms with Gasteiger partial charge in [-0.15, -0.1) is 0 Å². The van der Waals surface area contributed by atoms with Crippen LogP contribution in [0.4, 0.5) is 5.69 Å². The standard InChI is InChI=1S/C12H14N2O4/c1-18-9-4-2-8(3-5-9)14-7-10(12(16)17)13-6-11(14)15/h2-5,10,13H,6-7H2,1H3,(H,16,17). The van der Waals surface area contributed by atoms with Gasteiger partial charge in [-0.25, -0.2) is 0 Å². The average molecular weight is 250 g/mol. The fraction of sp³-hybridized carbons (Fsp3) is 0.333. The second-order valence-electron chi connectivity index (χ2n) is 3.97. The molecule has 1 aliphatic rings. The smallest absolute Gasteiger partial charge is 0.322 e. The molecule has 1 aromatic rings. The summed E-state index contributed by atoms with van der Waals surface area (Å²) < 4.78 is 5.03. The molecule has 6 nitrogen and oxygen atoms in total. The molecule has 2 N–H and O–H groups in total. The number of nitrogens with one attached hydrogen (secondary N) is 1. The Kier molecular flexibility index (Phi) is 3.47. The molecule has 0 saturated carbocycles. The van der Waals surface area contributed by atoms with Crippen molar-refractivity contribution in [1.82, 2.24) is 5.32 Å². The summed E-state index contributed by atoms with van der Waals surface area (Å²) in [4.78, 5) is 24.1. The summed E-state index contributed by atoms with van der Waals surface area (Å²) in [6.45, 7) is 0.156. The minimum Gasteiger partial charge on any atom is -0.497 e. The number of anilines is 1. The highest BCUT2D eigenvalue weighted by molar-refractivity contribution is 5.97. The first-order valence-corrected chi connectivity index (χ1v) is 5.52. The first kappa shape index (κ1) is 12.4. The van der Waals surface area contributed by atoms with Gasteiger partial charge >= 0.3 is 5.97 Å². The van der Waals surface area contributed by atoms with Crippen molar-refractivity contribution in [3.63, 3.8) is 0 Å². The van der Waals surface area contributed by atoms with Crippen LogP contribution in [0.1, 0.15) is 0 Å². The summed E-state index contributed by atoms with van der Waals surface area (Å²) in [6.07, 6.45) is 0. The molecule has 1 aromatic carbocycles. The van der Waals surface area contributed by atoms with E-state index in [0.717, 1.165) is 0 Å². The molecule has 96 valence electrons. The van der Waals surface area contributed by atoms with Crippen LogP contribution in [-0.2, 0) is 9.59 Å². The van der Waals surface area contributed by atoms with Crippen LogP contribution in [0.15, 0.2) is 24.3 Å². The molecule has 1 heterocycles. The van der Waals surface area contributed by atoms with Crippen LogP contribution < -0.4 is 15.0 Å². The Morgan fingerprint density at radius 3 is 2.67 bits per heavy atom. The van der Waals surface area contributed by atoms with E-state index in [2.05, 4.69) is 5.32 Å². The van der Waals surface area contributed by atoms with Crippen molar-refractivity contribution in [2.75, 3.05) is 25.1 Å². The monoisotopic (exact) mass is 250 g/mol.